The first-order valence-electron chi connectivity index (χ1n) is 8.10. The van der Waals surface area contributed by atoms with Crippen LogP contribution >= 0.6 is 0 Å². The van der Waals surface area contributed by atoms with Crippen molar-refractivity contribution in [1.29, 1.82) is 0 Å². The molecule has 3 rings (SSSR count). The van der Waals surface area contributed by atoms with E-state index in [9.17, 15) is 9.59 Å². The Balaban J connectivity index is 2.01. The smallest absolute Gasteiger partial charge is 0.168 e. The normalized spacial score (nSPS) is 17.2. The molecule has 0 radical (unpaired) electrons. The molecule has 0 aromatic heterocycles. The number of fused-ring (bicyclic) bond motifs is 1. The number of ketones is 2. The molecule has 1 atom stereocenters. The van der Waals surface area contributed by atoms with Crippen molar-refractivity contribution in [2.45, 2.75) is 34.1 Å². The van der Waals surface area contributed by atoms with Crippen molar-refractivity contribution in [2.75, 3.05) is 0 Å². The summed E-state index contributed by atoms with van der Waals surface area (Å²) in [5.74, 6) is 0.422. The average molecular weight is 306 g/mol. The quantitative estimate of drug-likeness (QED) is 0.735. The molecule has 0 bridgehead atoms. The fourth-order valence-electron chi connectivity index (χ4n) is 3.20. The summed E-state index contributed by atoms with van der Waals surface area (Å²) in [6.45, 7) is 7.76. The van der Waals surface area contributed by atoms with Crippen LogP contribution in [0.3, 0.4) is 0 Å². The summed E-state index contributed by atoms with van der Waals surface area (Å²) in [4.78, 5) is 24.8. The second kappa shape index (κ2) is 5.45. The minimum Gasteiger partial charge on any atom is -0.294 e. The first kappa shape index (κ1) is 15.7. The zero-order valence-electron chi connectivity index (χ0n) is 14.1. The second-order valence-electron chi connectivity index (χ2n) is 7.47. The molecule has 2 aromatic rings. The van der Waals surface area contributed by atoms with Gasteiger partial charge in [0.2, 0.25) is 0 Å². The zero-order valence-corrected chi connectivity index (χ0v) is 14.1. The van der Waals surface area contributed by atoms with E-state index in [0.29, 0.717) is 5.56 Å². The lowest BCUT2D eigenvalue weighted by Gasteiger charge is -2.17. The highest BCUT2D eigenvalue weighted by molar-refractivity contribution is 6.07. The van der Waals surface area contributed by atoms with Gasteiger partial charge in [0.1, 0.15) is 0 Å². The average Bonchev–Trinajstić information content (AvgIpc) is 2.81. The van der Waals surface area contributed by atoms with Crippen LogP contribution in [0.2, 0.25) is 0 Å². The molecule has 2 nitrogen and oxygen atoms in total. The molecule has 1 aliphatic carbocycles. The van der Waals surface area contributed by atoms with E-state index < -0.39 is 0 Å². The summed E-state index contributed by atoms with van der Waals surface area (Å²) in [6.07, 6.45) is 0.822. The molecule has 1 unspecified atom stereocenters. The minimum atomic E-state index is -0.388. The second-order valence-corrected chi connectivity index (χ2v) is 7.47. The van der Waals surface area contributed by atoms with E-state index in [-0.39, 0.29) is 22.9 Å². The fourth-order valence-corrected chi connectivity index (χ4v) is 3.20. The molecule has 0 fully saturated rings. The number of hydrogen-bond donors (Lipinski definition) is 0. The van der Waals surface area contributed by atoms with Crippen molar-refractivity contribution < 1.29 is 9.59 Å². The predicted molar refractivity (Wildman–Crippen MR) is 92.9 cm³/mol. The van der Waals surface area contributed by atoms with Gasteiger partial charge in [0, 0.05) is 22.5 Å². The van der Waals surface area contributed by atoms with E-state index in [1.165, 1.54) is 0 Å². The van der Waals surface area contributed by atoms with Crippen molar-refractivity contribution in [1.82, 2.24) is 0 Å². The summed E-state index contributed by atoms with van der Waals surface area (Å²) in [7, 11) is 0. The van der Waals surface area contributed by atoms with Crippen molar-refractivity contribution in [2.24, 2.45) is 11.3 Å². The van der Waals surface area contributed by atoms with Crippen LogP contribution in [0, 0.1) is 11.3 Å². The van der Waals surface area contributed by atoms with E-state index >= 15 is 0 Å². The zero-order chi connectivity index (χ0) is 16.8. The van der Waals surface area contributed by atoms with Gasteiger partial charge in [-0.05, 0) is 23.1 Å². The monoisotopic (exact) mass is 306 g/mol. The molecule has 0 saturated heterocycles. The Bertz CT molecular complexity index is 776. The Morgan fingerprint density at radius 3 is 2.30 bits per heavy atom. The van der Waals surface area contributed by atoms with E-state index in [4.69, 9.17) is 0 Å². The van der Waals surface area contributed by atoms with Crippen LogP contribution in [0.4, 0.5) is 0 Å². The van der Waals surface area contributed by atoms with Gasteiger partial charge in [0.15, 0.2) is 11.6 Å². The maximum atomic E-state index is 12.4. The molecule has 0 spiro atoms. The van der Waals surface area contributed by atoms with E-state index in [1.807, 2.05) is 70.2 Å². The number of hydrogen-bond acceptors (Lipinski definition) is 2. The Labute approximate surface area is 137 Å². The maximum Gasteiger partial charge on any atom is 0.168 e. The standard InChI is InChI=1S/C21H22O2/c1-13-12-16-6-5-7-17(18(16)19(13)22)14-8-10-15(11-9-14)20(23)21(2,3)4/h5-11,13H,12H2,1-4H3. The highest BCUT2D eigenvalue weighted by Gasteiger charge is 2.29. The SMILES string of the molecule is CC1Cc2cccc(-c3ccc(C(=O)C(C)(C)C)cc3)c2C1=O. The van der Waals surface area contributed by atoms with Gasteiger partial charge in [-0.15, -0.1) is 0 Å². The molecule has 0 amide bonds. The summed E-state index contributed by atoms with van der Waals surface area (Å²) >= 11 is 0. The van der Waals surface area contributed by atoms with Crippen LogP contribution in [-0.4, -0.2) is 11.6 Å². The Morgan fingerprint density at radius 1 is 1.04 bits per heavy atom. The first-order valence-corrected chi connectivity index (χ1v) is 8.10. The lowest BCUT2D eigenvalue weighted by atomic mass is 9.86. The molecular formula is C21H22O2. The van der Waals surface area contributed by atoms with Gasteiger partial charge >= 0.3 is 0 Å². The van der Waals surface area contributed by atoms with Gasteiger partial charge in [-0.25, -0.2) is 0 Å². The lowest BCUT2D eigenvalue weighted by Crippen LogP contribution is -2.19. The largest absolute Gasteiger partial charge is 0.294 e. The highest BCUT2D eigenvalue weighted by atomic mass is 16.1. The van der Waals surface area contributed by atoms with E-state index in [1.54, 1.807) is 0 Å². The Hall–Kier alpha value is -2.22. The van der Waals surface area contributed by atoms with Crippen molar-refractivity contribution in [3.8, 4) is 11.1 Å². The van der Waals surface area contributed by atoms with E-state index in [2.05, 4.69) is 0 Å². The molecule has 2 aromatic carbocycles. The third-order valence-electron chi connectivity index (χ3n) is 4.51. The minimum absolute atomic E-state index is 0.0629. The van der Waals surface area contributed by atoms with Crippen molar-refractivity contribution >= 4 is 11.6 Å². The van der Waals surface area contributed by atoms with Gasteiger partial charge in [-0.3, -0.25) is 9.59 Å². The third-order valence-corrected chi connectivity index (χ3v) is 4.51. The van der Waals surface area contributed by atoms with Gasteiger partial charge < -0.3 is 0 Å². The summed E-state index contributed by atoms with van der Waals surface area (Å²) in [5, 5.41) is 0. The number of rotatable bonds is 2. The molecule has 118 valence electrons. The van der Waals surface area contributed by atoms with Crippen molar-refractivity contribution in [3.63, 3.8) is 0 Å². The number of Topliss-reactive ketones (excluding diaryl/α,β-unsaturated/α-hetero) is 2. The first-order chi connectivity index (χ1) is 10.8. The molecule has 1 aliphatic rings. The molecule has 0 heterocycles. The van der Waals surface area contributed by atoms with Crippen LogP contribution in [0.25, 0.3) is 11.1 Å². The Kier molecular flexibility index (Phi) is 3.71. The summed E-state index contributed by atoms with van der Waals surface area (Å²) in [6, 6.07) is 13.7. The fraction of sp³-hybridized carbons (Fsp3) is 0.333. The van der Waals surface area contributed by atoms with Gasteiger partial charge in [0.25, 0.3) is 0 Å². The van der Waals surface area contributed by atoms with Crippen LogP contribution in [-0.2, 0) is 6.42 Å². The van der Waals surface area contributed by atoms with Gasteiger partial charge in [0.05, 0.1) is 0 Å². The van der Waals surface area contributed by atoms with Crippen LogP contribution < -0.4 is 0 Å². The van der Waals surface area contributed by atoms with Gasteiger partial charge in [-0.1, -0.05) is 70.2 Å². The Morgan fingerprint density at radius 2 is 1.70 bits per heavy atom. The molecule has 2 heteroatoms. The number of carbonyl (C=O) groups excluding carboxylic acids is 2. The highest BCUT2D eigenvalue weighted by Crippen LogP contribution is 2.35. The number of carbonyl (C=O) groups is 2. The summed E-state index contributed by atoms with van der Waals surface area (Å²) in [5.41, 5.74) is 4.29. The number of benzene rings is 2. The molecule has 0 N–H and O–H groups in total. The van der Waals surface area contributed by atoms with Crippen LogP contribution in [0.15, 0.2) is 42.5 Å². The summed E-state index contributed by atoms with van der Waals surface area (Å²) < 4.78 is 0. The predicted octanol–water partition coefficient (Wildman–Crippen LogP) is 4.96. The van der Waals surface area contributed by atoms with Crippen LogP contribution in [0.5, 0.6) is 0 Å². The van der Waals surface area contributed by atoms with E-state index in [0.717, 1.165) is 28.7 Å². The van der Waals surface area contributed by atoms with Gasteiger partial charge in [-0.2, -0.15) is 0 Å². The topological polar surface area (TPSA) is 34.1 Å². The molecule has 23 heavy (non-hydrogen) atoms. The van der Waals surface area contributed by atoms with Crippen LogP contribution in [0.1, 0.15) is 54.0 Å². The third kappa shape index (κ3) is 2.74. The lowest BCUT2D eigenvalue weighted by molar-refractivity contribution is 0.0858. The molecular weight excluding hydrogens is 284 g/mol. The maximum absolute atomic E-state index is 12.4. The molecule has 0 saturated carbocycles. The molecule has 0 aliphatic heterocycles. The van der Waals surface area contributed by atoms with Crippen molar-refractivity contribution in [3.05, 3.63) is 59.2 Å².